The summed E-state index contributed by atoms with van der Waals surface area (Å²) in [6, 6.07) is 7.15. The molecule has 0 aromatic heterocycles. The molecule has 1 atom stereocenters. The Balaban J connectivity index is 2.53. The van der Waals surface area contributed by atoms with Gasteiger partial charge in [-0.15, -0.1) is 0 Å². The van der Waals surface area contributed by atoms with Crippen LogP contribution in [0.1, 0.15) is 27.1 Å². The number of alkyl halides is 1. The van der Waals surface area contributed by atoms with Crippen molar-refractivity contribution in [3.8, 4) is 0 Å². The Bertz CT molecular complexity index is 623. The highest BCUT2D eigenvalue weighted by atomic mass is 79.9. The first kappa shape index (κ1) is 14.1. The molecule has 0 radical (unpaired) electrons. The average molecular weight is 329 g/mol. The van der Waals surface area contributed by atoms with Crippen LogP contribution in [0, 0.1) is 31.3 Å². The van der Waals surface area contributed by atoms with E-state index in [1.54, 1.807) is 32.0 Å². The largest absolute Gasteiger partial charge is 0.207 e. The van der Waals surface area contributed by atoms with Crippen LogP contribution in [0.2, 0.25) is 0 Å². The van der Waals surface area contributed by atoms with E-state index in [1.807, 2.05) is 0 Å². The van der Waals surface area contributed by atoms with Gasteiger partial charge in [0.2, 0.25) is 0 Å². The van der Waals surface area contributed by atoms with Gasteiger partial charge in [0.05, 0.1) is 4.83 Å². The van der Waals surface area contributed by atoms with Crippen molar-refractivity contribution in [2.45, 2.75) is 18.7 Å². The molecule has 0 amide bonds. The van der Waals surface area contributed by atoms with Crippen LogP contribution < -0.4 is 0 Å². The van der Waals surface area contributed by atoms with Gasteiger partial charge < -0.3 is 0 Å². The van der Waals surface area contributed by atoms with Crippen LogP contribution in [-0.2, 0) is 0 Å². The summed E-state index contributed by atoms with van der Waals surface area (Å²) in [5.74, 6) is -1.68. The first-order valence-corrected chi connectivity index (χ1v) is 6.68. The third-order valence-electron chi connectivity index (χ3n) is 3.05. The molecule has 0 saturated heterocycles. The van der Waals surface area contributed by atoms with Crippen LogP contribution in [0.4, 0.5) is 13.2 Å². The van der Waals surface area contributed by atoms with E-state index >= 15 is 0 Å². The standard InChI is InChI=1S/C15H12BrF3/c1-8-4-3-5-10(15(8)19)14(16)11-6-9(2)12(17)7-13(11)18/h3-7,14H,1-2H3. The van der Waals surface area contributed by atoms with Crippen molar-refractivity contribution >= 4 is 15.9 Å². The van der Waals surface area contributed by atoms with Gasteiger partial charge in [0.25, 0.3) is 0 Å². The number of benzene rings is 2. The molecule has 0 fully saturated rings. The molecule has 100 valence electrons. The van der Waals surface area contributed by atoms with Crippen molar-refractivity contribution < 1.29 is 13.2 Å². The third kappa shape index (κ3) is 2.68. The number of hydrogen-bond donors (Lipinski definition) is 0. The van der Waals surface area contributed by atoms with Crippen molar-refractivity contribution in [2.75, 3.05) is 0 Å². The van der Waals surface area contributed by atoms with E-state index in [0.717, 1.165) is 6.07 Å². The van der Waals surface area contributed by atoms with E-state index in [-0.39, 0.29) is 11.4 Å². The molecule has 0 aliphatic rings. The van der Waals surface area contributed by atoms with Gasteiger partial charge >= 0.3 is 0 Å². The maximum atomic E-state index is 14.0. The normalized spacial score (nSPS) is 12.5. The topological polar surface area (TPSA) is 0 Å². The van der Waals surface area contributed by atoms with Crippen molar-refractivity contribution in [1.29, 1.82) is 0 Å². The highest BCUT2D eigenvalue weighted by molar-refractivity contribution is 9.09. The van der Waals surface area contributed by atoms with E-state index in [1.165, 1.54) is 6.07 Å². The second-order valence-corrected chi connectivity index (χ2v) is 5.38. The van der Waals surface area contributed by atoms with Gasteiger partial charge in [-0.3, -0.25) is 0 Å². The highest BCUT2D eigenvalue weighted by Crippen LogP contribution is 2.35. The minimum absolute atomic E-state index is 0.225. The Morgan fingerprint density at radius 3 is 2.26 bits per heavy atom. The minimum Gasteiger partial charge on any atom is -0.207 e. The smallest absolute Gasteiger partial charge is 0.130 e. The summed E-state index contributed by atoms with van der Waals surface area (Å²) in [5.41, 5.74) is 1.38. The molecule has 0 nitrogen and oxygen atoms in total. The molecule has 0 spiro atoms. The van der Waals surface area contributed by atoms with Gasteiger partial charge in [-0.05, 0) is 31.0 Å². The van der Waals surface area contributed by atoms with Crippen LogP contribution in [0.15, 0.2) is 30.3 Å². The molecular weight excluding hydrogens is 317 g/mol. The summed E-state index contributed by atoms with van der Waals surface area (Å²) in [7, 11) is 0. The predicted octanol–water partition coefficient (Wildman–Crippen LogP) is 5.21. The lowest BCUT2D eigenvalue weighted by Gasteiger charge is -2.15. The Labute approximate surface area is 118 Å². The van der Waals surface area contributed by atoms with Crippen molar-refractivity contribution in [2.24, 2.45) is 0 Å². The zero-order valence-corrected chi connectivity index (χ0v) is 12.1. The number of rotatable bonds is 2. The molecule has 0 N–H and O–H groups in total. The first-order valence-electron chi connectivity index (χ1n) is 5.76. The number of hydrogen-bond acceptors (Lipinski definition) is 0. The van der Waals surface area contributed by atoms with Gasteiger partial charge in [-0.2, -0.15) is 0 Å². The van der Waals surface area contributed by atoms with Gasteiger partial charge in [0.15, 0.2) is 0 Å². The van der Waals surface area contributed by atoms with Gasteiger partial charge in [-0.1, -0.05) is 34.1 Å². The lowest BCUT2D eigenvalue weighted by atomic mass is 10.00. The molecule has 2 aromatic rings. The van der Waals surface area contributed by atoms with Crippen LogP contribution >= 0.6 is 15.9 Å². The molecule has 1 unspecified atom stereocenters. The van der Waals surface area contributed by atoms with E-state index in [0.29, 0.717) is 16.7 Å². The summed E-state index contributed by atoms with van der Waals surface area (Å²) < 4.78 is 41.1. The van der Waals surface area contributed by atoms with Crippen molar-refractivity contribution in [3.63, 3.8) is 0 Å². The number of halogens is 4. The summed E-state index contributed by atoms with van der Waals surface area (Å²) >= 11 is 3.29. The van der Waals surface area contributed by atoms with Crippen LogP contribution in [-0.4, -0.2) is 0 Å². The summed E-state index contributed by atoms with van der Waals surface area (Å²) in [5, 5.41) is 0. The molecule has 2 aromatic carbocycles. The summed E-state index contributed by atoms with van der Waals surface area (Å²) in [6.07, 6.45) is 0. The lowest BCUT2D eigenvalue weighted by molar-refractivity contribution is 0.565. The molecule has 0 saturated carbocycles. The maximum Gasteiger partial charge on any atom is 0.130 e. The molecule has 4 heteroatoms. The van der Waals surface area contributed by atoms with Crippen molar-refractivity contribution in [3.05, 3.63) is 70.0 Å². The number of aryl methyl sites for hydroxylation is 2. The Hall–Kier alpha value is -1.29. The summed E-state index contributed by atoms with van der Waals surface area (Å²) in [6.45, 7) is 3.19. The fourth-order valence-corrected chi connectivity index (χ4v) is 2.61. The summed E-state index contributed by atoms with van der Waals surface area (Å²) in [4.78, 5) is -0.647. The van der Waals surface area contributed by atoms with Gasteiger partial charge in [0.1, 0.15) is 17.5 Å². The van der Waals surface area contributed by atoms with Crippen molar-refractivity contribution in [1.82, 2.24) is 0 Å². The van der Waals surface area contributed by atoms with Crippen LogP contribution in [0.5, 0.6) is 0 Å². The fourth-order valence-electron chi connectivity index (χ4n) is 1.91. The minimum atomic E-state index is -0.689. The molecule has 0 heterocycles. The second kappa shape index (κ2) is 5.37. The fraction of sp³-hybridized carbons (Fsp3) is 0.200. The molecule has 19 heavy (non-hydrogen) atoms. The Morgan fingerprint density at radius 2 is 1.58 bits per heavy atom. The molecule has 0 bridgehead atoms. The maximum absolute atomic E-state index is 14.0. The van der Waals surface area contributed by atoms with Crippen LogP contribution in [0.25, 0.3) is 0 Å². The SMILES string of the molecule is Cc1cc(C(Br)c2cccc(C)c2F)c(F)cc1F. The third-order valence-corrected chi connectivity index (χ3v) is 4.03. The lowest BCUT2D eigenvalue weighted by Crippen LogP contribution is -2.02. The molecule has 0 aliphatic carbocycles. The average Bonchev–Trinajstić information content (AvgIpc) is 2.36. The Morgan fingerprint density at radius 1 is 0.895 bits per heavy atom. The monoisotopic (exact) mass is 328 g/mol. The zero-order chi connectivity index (χ0) is 14.2. The zero-order valence-electron chi connectivity index (χ0n) is 10.5. The van der Waals surface area contributed by atoms with Crippen LogP contribution in [0.3, 0.4) is 0 Å². The van der Waals surface area contributed by atoms with E-state index in [4.69, 9.17) is 0 Å². The van der Waals surface area contributed by atoms with E-state index < -0.39 is 16.5 Å². The van der Waals surface area contributed by atoms with Gasteiger partial charge in [0, 0.05) is 17.2 Å². The first-order chi connectivity index (χ1) is 8.91. The van der Waals surface area contributed by atoms with E-state index in [2.05, 4.69) is 15.9 Å². The molecular formula is C15H12BrF3. The predicted molar refractivity (Wildman–Crippen MR) is 73.0 cm³/mol. The second-order valence-electron chi connectivity index (χ2n) is 4.46. The Kier molecular flexibility index (Phi) is 3.99. The molecule has 0 aliphatic heterocycles. The highest BCUT2D eigenvalue weighted by Gasteiger charge is 2.20. The van der Waals surface area contributed by atoms with Gasteiger partial charge in [-0.25, -0.2) is 13.2 Å². The molecule has 2 rings (SSSR count). The van der Waals surface area contributed by atoms with E-state index in [9.17, 15) is 13.2 Å². The quantitative estimate of drug-likeness (QED) is 0.664.